The summed E-state index contributed by atoms with van der Waals surface area (Å²) in [5.74, 6) is -1.62. The molecule has 2 rings (SSSR count). The molecule has 2 N–H and O–H groups in total. The van der Waals surface area contributed by atoms with E-state index in [4.69, 9.17) is 23.2 Å². The standard InChI is InChI=1S/C13H11Cl2N3O2/c14-11-6-10(12(15)18-17-11)16-7-9(13(19)20)8-4-2-1-3-5-8/h1-6,9H,7H2,(H,16,17)(H,19,20). The summed E-state index contributed by atoms with van der Waals surface area (Å²) >= 11 is 11.6. The van der Waals surface area contributed by atoms with Crippen LogP contribution in [0.1, 0.15) is 11.5 Å². The van der Waals surface area contributed by atoms with Crippen molar-refractivity contribution in [2.45, 2.75) is 5.92 Å². The number of anilines is 1. The molecule has 0 amide bonds. The monoisotopic (exact) mass is 311 g/mol. The summed E-state index contributed by atoms with van der Waals surface area (Å²) in [4.78, 5) is 11.3. The van der Waals surface area contributed by atoms with Gasteiger partial charge in [-0.3, -0.25) is 4.79 Å². The van der Waals surface area contributed by atoms with Crippen LogP contribution in [0, 0.1) is 0 Å². The number of halogens is 2. The molecule has 20 heavy (non-hydrogen) atoms. The molecule has 1 atom stereocenters. The first-order valence-electron chi connectivity index (χ1n) is 5.78. The highest BCUT2D eigenvalue weighted by Crippen LogP contribution is 2.23. The Bertz CT molecular complexity index is 608. The van der Waals surface area contributed by atoms with Crippen LogP contribution in [0.2, 0.25) is 10.3 Å². The first-order chi connectivity index (χ1) is 9.58. The van der Waals surface area contributed by atoms with E-state index in [2.05, 4.69) is 15.5 Å². The van der Waals surface area contributed by atoms with Gasteiger partial charge in [-0.05, 0) is 5.56 Å². The van der Waals surface area contributed by atoms with Gasteiger partial charge in [0.05, 0.1) is 11.6 Å². The summed E-state index contributed by atoms with van der Waals surface area (Å²) in [6, 6.07) is 10.5. The lowest BCUT2D eigenvalue weighted by Gasteiger charge is -2.15. The predicted molar refractivity (Wildman–Crippen MR) is 77.4 cm³/mol. The molecule has 1 aromatic carbocycles. The molecule has 0 aliphatic rings. The van der Waals surface area contributed by atoms with Crippen molar-refractivity contribution in [2.24, 2.45) is 0 Å². The molecule has 0 saturated carbocycles. The van der Waals surface area contributed by atoms with Gasteiger partial charge >= 0.3 is 5.97 Å². The number of carboxylic acid groups (broad SMARTS) is 1. The van der Waals surface area contributed by atoms with Crippen molar-refractivity contribution in [3.05, 3.63) is 52.3 Å². The third-order valence-corrected chi connectivity index (χ3v) is 3.18. The Kier molecular flexibility index (Phi) is 4.76. The van der Waals surface area contributed by atoms with Crippen LogP contribution in [-0.4, -0.2) is 27.8 Å². The minimum Gasteiger partial charge on any atom is -0.481 e. The van der Waals surface area contributed by atoms with Gasteiger partial charge in [0.15, 0.2) is 10.3 Å². The third-order valence-electron chi connectivity index (χ3n) is 2.72. The second-order valence-corrected chi connectivity index (χ2v) is 4.80. The van der Waals surface area contributed by atoms with E-state index in [1.54, 1.807) is 24.3 Å². The van der Waals surface area contributed by atoms with Crippen LogP contribution >= 0.6 is 23.2 Å². The molecule has 0 fully saturated rings. The van der Waals surface area contributed by atoms with E-state index in [1.807, 2.05) is 6.07 Å². The van der Waals surface area contributed by atoms with Crippen molar-refractivity contribution in [3.63, 3.8) is 0 Å². The Labute approximate surface area is 125 Å². The smallest absolute Gasteiger partial charge is 0.312 e. The molecule has 0 radical (unpaired) electrons. The minimum atomic E-state index is -0.923. The molecule has 5 nitrogen and oxygen atoms in total. The zero-order valence-electron chi connectivity index (χ0n) is 10.3. The van der Waals surface area contributed by atoms with Crippen molar-refractivity contribution < 1.29 is 9.90 Å². The van der Waals surface area contributed by atoms with Gasteiger partial charge < -0.3 is 10.4 Å². The Balaban J connectivity index is 2.14. The highest BCUT2D eigenvalue weighted by Gasteiger charge is 2.19. The molecule has 0 spiro atoms. The summed E-state index contributed by atoms with van der Waals surface area (Å²) < 4.78 is 0. The molecule has 2 aromatic rings. The lowest BCUT2D eigenvalue weighted by atomic mass is 9.99. The Hall–Kier alpha value is -1.85. The van der Waals surface area contributed by atoms with Crippen LogP contribution < -0.4 is 5.32 Å². The van der Waals surface area contributed by atoms with Crippen LogP contribution in [0.15, 0.2) is 36.4 Å². The van der Waals surface area contributed by atoms with Crippen molar-refractivity contribution in [3.8, 4) is 0 Å². The minimum absolute atomic E-state index is 0.145. The lowest BCUT2D eigenvalue weighted by Crippen LogP contribution is -2.21. The number of hydrogen-bond donors (Lipinski definition) is 2. The summed E-state index contributed by atoms with van der Waals surface area (Å²) in [5, 5.41) is 19.8. The molecule has 104 valence electrons. The van der Waals surface area contributed by atoms with E-state index >= 15 is 0 Å². The maximum absolute atomic E-state index is 11.3. The highest BCUT2D eigenvalue weighted by atomic mass is 35.5. The number of aromatic nitrogens is 2. The zero-order chi connectivity index (χ0) is 14.5. The zero-order valence-corrected chi connectivity index (χ0v) is 11.8. The Morgan fingerprint density at radius 1 is 1.25 bits per heavy atom. The van der Waals surface area contributed by atoms with Gasteiger partial charge in [-0.1, -0.05) is 53.5 Å². The molecule has 0 bridgehead atoms. The number of nitrogens with one attached hydrogen (secondary N) is 1. The second-order valence-electron chi connectivity index (χ2n) is 4.05. The fourth-order valence-electron chi connectivity index (χ4n) is 1.72. The maximum Gasteiger partial charge on any atom is 0.312 e. The number of carboxylic acids is 1. The second kappa shape index (κ2) is 6.54. The van der Waals surface area contributed by atoms with Crippen molar-refractivity contribution in [1.82, 2.24) is 10.2 Å². The van der Waals surface area contributed by atoms with Gasteiger partial charge in [-0.15, -0.1) is 10.2 Å². The summed E-state index contributed by atoms with van der Waals surface area (Å²) in [6.07, 6.45) is 0. The van der Waals surface area contributed by atoms with Gasteiger partial charge in [0, 0.05) is 12.6 Å². The molecule has 1 aromatic heterocycles. The Morgan fingerprint density at radius 2 is 1.95 bits per heavy atom. The number of hydrogen-bond acceptors (Lipinski definition) is 4. The van der Waals surface area contributed by atoms with E-state index < -0.39 is 11.9 Å². The third kappa shape index (κ3) is 3.59. The van der Waals surface area contributed by atoms with Gasteiger partial charge in [0.1, 0.15) is 0 Å². The first-order valence-corrected chi connectivity index (χ1v) is 6.54. The highest BCUT2D eigenvalue weighted by molar-refractivity contribution is 6.33. The van der Waals surface area contributed by atoms with Crippen LogP contribution in [0.3, 0.4) is 0 Å². The molecule has 0 aliphatic heterocycles. The largest absolute Gasteiger partial charge is 0.481 e. The van der Waals surface area contributed by atoms with Crippen LogP contribution in [-0.2, 0) is 4.79 Å². The van der Waals surface area contributed by atoms with Gasteiger partial charge in [0.2, 0.25) is 0 Å². The normalized spacial score (nSPS) is 11.9. The van der Waals surface area contributed by atoms with Crippen LogP contribution in [0.25, 0.3) is 0 Å². The first kappa shape index (κ1) is 14.6. The molecular weight excluding hydrogens is 301 g/mol. The van der Waals surface area contributed by atoms with Crippen LogP contribution in [0.5, 0.6) is 0 Å². The van der Waals surface area contributed by atoms with E-state index in [0.29, 0.717) is 11.3 Å². The van der Waals surface area contributed by atoms with E-state index in [-0.39, 0.29) is 16.9 Å². The summed E-state index contributed by atoms with van der Waals surface area (Å²) in [7, 11) is 0. The van der Waals surface area contributed by atoms with Gasteiger partial charge in [-0.2, -0.15) is 0 Å². The molecule has 0 aliphatic carbocycles. The number of nitrogens with zero attached hydrogens (tertiary/aromatic N) is 2. The molecule has 1 unspecified atom stereocenters. The van der Waals surface area contributed by atoms with E-state index in [1.165, 1.54) is 6.07 Å². The fourth-order valence-corrected chi connectivity index (χ4v) is 2.03. The number of carbonyl (C=O) groups is 1. The molecular formula is C13H11Cl2N3O2. The fraction of sp³-hybridized carbons (Fsp3) is 0.154. The maximum atomic E-state index is 11.3. The average Bonchev–Trinajstić information content (AvgIpc) is 2.43. The van der Waals surface area contributed by atoms with E-state index in [0.717, 1.165) is 0 Å². The van der Waals surface area contributed by atoms with Gasteiger partial charge in [-0.25, -0.2) is 0 Å². The van der Waals surface area contributed by atoms with Crippen molar-refractivity contribution in [1.29, 1.82) is 0 Å². The Morgan fingerprint density at radius 3 is 2.60 bits per heavy atom. The molecule has 0 saturated heterocycles. The van der Waals surface area contributed by atoms with E-state index in [9.17, 15) is 9.90 Å². The number of rotatable bonds is 5. The van der Waals surface area contributed by atoms with Crippen molar-refractivity contribution >= 4 is 34.9 Å². The number of benzene rings is 1. The topological polar surface area (TPSA) is 75.1 Å². The van der Waals surface area contributed by atoms with Crippen LogP contribution in [0.4, 0.5) is 5.69 Å². The summed E-state index contributed by atoms with van der Waals surface area (Å²) in [6.45, 7) is 0.168. The molecule has 1 heterocycles. The van der Waals surface area contributed by atoms with Crippen molar-refractivity contribution in [2.75, 3.05) is 11.9 Å². The SMILES string of the molecule is O=C(O)C(CNc1cc(Cl)nnc1Cl)c1ccccc1. The average molecular weight is 312 g/mol. The predicted octanol–water partition coefficient (Wildman–Crippen LogP) is 3.06. The quantitative estimate of drug-likeness (QED) is 0.887. The lowest BCUT2D eigenvalue weighted by molar-refractivity contribution is -0.138. The number of aliphatic carboxylic acids is 1. The summed E-state index contributed by atoms with van der Waals surface area (Å²) in [5.41, 5.74) is 1.16. The van der Waals surface area contributed by atoms with Gasteiger partial charge in [0.25, 0.3) is 0 Å². The molecule has 7 heteroatoms.